The minimum absolute atomic E-state index is 0.373. The van der Waals surface area contributed by atoms with Gasteiger partial charge in [-0.25, -0.2) is 0 Å². The highest BCUT2D eigenvalue weighted by Crippen LogP contribution is 2.24. The molecule has 3 heteroatoms. The van der Waals surface area contributed by atoms with Gasteiger partial charge in [-0.05, 0) is 38.8 Å². The highest BCUT2D eigenvalue weighted by atomic mass is 16.3. The molecule has 0 saturated carbocycles. The van der Waals surface area contributed by atoms with Crippen LogP contribution >= 0.6 is 0 Å². The number of hydrogen-bond acceptors (Lipinski definition) is 3. The maximum absolute atomic E-state index is 9.80. The number of piperidine rings is 1. The molecule has 0 bridgehead atoms. The molecule has 0 aromatic carbocycles. The summed E-state index contributed by atoms with van der Waals surface area (Å²) in [5, 5.41) is 13.1. The van der Waals surface area contributed by atoms with Crippen molar-refractivity contribution in [2.45, 2.75) is 25.4 Å². The molecule has 11 heavy (non-hydrogen) atoms. The lowest BCUT2D eigenvalue weighted by Crippen LogP contribution is -2.46. The van der Waals surface area contributed by atoms with Crippen molar-refractivity contribution in [2.24, 2.45) is 11.7 Å². The average molecular weight is 158 g/mol. The van der Waals surface area contributed by atoms with Gasteiger partial charge in [-0.2, -0.15) is 0 Å². The Morgan fingerprint density at radius 3 is 2.55 bits per heavy atom. The fourth-order valence-electron chi connectivity index (χ4n) is 1.61. The number of rotatable bonds is 2. The van der Waals surface area contributed by atoms with Crippen LogP contribution in [0.5, 0.6) is 0 Å². The van der Waals surface area contributed by atoms with E-state index in [1.54, 1.807) is 0 Å². The lowest BCUT2D eigenvalue weighted by molar-refractivity contribution is -0.00519. The molecule has 0 aromatic rings. The molecule has 3 nitrogen and oxygen atoms in total. The molecule has 1 atom stereocenters. The third kappa shape index (κ3) is 2.15. The van der Waals surface area contributed by atoms with Gasteiger partial charge in [-0.1, -0.05) is 0 Å². The summed E-state index contributed by atoms with van der Waals surface area (Å²) in [6.07, 6.45) is 2.09. The van der Waals surface area contributed by atoms with Crippen molar-refractivity contribution in [3.05, 3.63) is 0 Å². The Bertz CT molecular complexity index is 119. The van der Waals surface area contributed by atoms with Crippen LogP contribution in [-0.2, 0) is 0 Å². The second kappa shape index (κ2) is 3.52. The molecule has 0 aromatic heterocycles. The van der Waals surface area contributed by atoms with Crippen LogP contribution in [0.3, 0.4) is 0 Å². The van der Waals surface area contributed by atoms with E-state index in [1.165, 1.54) is 0 Å². The SMILES string of the molecule is CC(O)(CN)C1CCNCC1. The minimum atomic E-state index is -0.651. The van der Waals surface area contributed by atoms with Gasteiger partial charge in [0, 0.05) is 6.54 Å². The lowest BCUT2D eigenvalue weighted by Gasteiger charge is -2.34. The van der Waals surface area contributed by atoms with E-state index in [0.29, 0.717) is 12.5 Å². The summed E-state index contributed by atoms with van der Waals surface area (Å²) in [5.41, 5.74) is 4.82. The molecule has 1 heterocycles. The Labute approximate surface area is 68.0 Å². The summed E-state index contributed by atoms with van der Waals surface area (Å²) in [6.45, 7) is 4.24. The Morgan fingerprint density at radius 1 is 1.55 bits per heavy atom. The molecule has 1 aliphatic rings. The van der Waals surface area contributed by atoms with Gasteiger partial charge >= 0.3 is 0 Å². The van der Waals surface area contributed by atoms with Crippen LogP contribution in [0.25, 0.3) is 0 Å². The first-order valence-corrected chi connectivity index (χ1v) is 4.30. The zero-order valence-corrected chi connectivity index (χ0v) is 7.14. The molecule has 0 radical (unpaired) electrons. The first-order valence-electron chi connectivity index (χ1n) is 4.30. The third-order valence-electron chi connectivity index (χ3n) is 2.63. The largest absolute Gasteiger partial charge is 0.389 e. The molecule has 0 spiro atoms. The Kier molecular flexibility index (Phi) is 2.87. The fourth-order valence-corrected chi connectivity index (χ4v) is 1.61. The summed E-state index contributed by atoms with van der Waals surface area (Å²) in [4.78, 5) is 0. The Hall–Kier alpha value is -0.120. The normalized spacial score (nSPS) is 26.5. The highest BCUT2D eigenvalue weighted by Gasteiger charge is 2.30. The topological polar surface area (TPSA) is 58.3 Å². The molecule has 0 amide bonds. The molecule has 1 fully saturated rings. The zero-order valence-electron chi connectivity index (χ0n) is 7.14. The summed E-state index contributed by atoms with van der Waals surface area (Å²) in [5.74, 6) is 0.383. The lowest BCUT2D eigenvalue weighted by atomic mass is 9.82. The van der Waals surface area contributed by atoms with Gasteiger partial charge in [0.05, 0.1) is 5.60 Å². The van der Waals surface area contributed by atoms with Gasteiger partial charge < -0.3 is 16.2 Å². The number of aliphatic hydroxyl groups is 1. The van der Waals surface area contributed by atoms with E-state index in [1.807, 2.05) is 6.92 Å². The number of nitrogens with one attached hydrogen (secondary N) is 1. The molecule has 1 saturated heterocycles. The van der Waals surface area contributed by atoms with Gasteiger partial charge in [0.1, 0.15) is 0 Å². The average Bonchev–Trinajstić information content (AvgIpc) is 2.06. The monoisotopic (exact) mass is 158 g/mol. The predicted molar refractivity (Wildman–Crippen MR) is 45.3 cm³/mol. The highest BCUT2D eigenvalue weighted by molar-refractivity contribution is 4.85. The molecule has 0 aliphatic carbocycles. The van der Waals surface area contributed by atoms with Crippen molar-refractivity contribution in [2.75, 3.05) is 19.6 Å². The number of nitrogens with two attached hydrogens (primary N) is 1. The van der Waals surface area contributed by atoms with E-state index < -0.39 is 5.60 Å². The van der Waals surface area contributed by atoms with Gasteiger partial charge in [0.25, 0.3) is 0 Å². The molecular weight excluding hydrogens is 140 g/mol. The first kappa shape index (κ1) is 8.97. The maximum atomic E-state index is 9.80. The van der Waals surface area contributed by atoms with E-state index in [9.17, 15) is 5.11 Å². The molecular formula is C8H18N2O. The van der Waals surface area contributed by atoms with E-state index in [-0.39, 0.29) is 0 Å². The smallest absolute Gasteiger partial charge is 0.0770 e. The van der Waals surface area contributed by atoms with Crippen molar-refractivity contribution in [3.8, 4) is 0 Å². The molecule has 66 valence electrons. The first-order chi connectivity index (χ1) is 5.17. The second-order valence-electron chi connectivity index (χ2n) is 3.59. The van der Waals surface area contributed by atoms with Gasteiger partial charge in [0.2, 0.25) is 0 Å². The van der Waals surface area contributed by atoms with Crippen molar-refractivity contribution < 1.29 is 5.11 Å². The summed E-state index contributed by atoms with van der Waals surface area (Å²) >= 11 is 0. The van der Waals surface area contributed by atoms with Crippen molar-refractivity contribution >= 4 is 0 Å². The van der Waals surface area contributed by atoms with Crippen LogP contribution in [-0.4, -0.2) is 30.3 Å². The maximum Gasteiger partial charge on any atom is 0.0770 e. The Morgan fingerprint density at radius 2 is 2.09 bits per heavy atom. The van der Waals surface area contributed by atoms with E-state index in [0.717, 1.165) is 25.9 Å². The van der Waals surface area contributed by atoms with Crippen LogP contribution in [0.4, 0.5) is 0 Å². The molecule has 4 N–H and O–H groups in total. The Balaban J connectivity index is 2.43. The van der Waals surface area contributed by atoms with Gasteiger partial charge in [-0.15, -0.1) is 0 Å². The quantitative estimate of drug-likeness (QED) is 0.517. The van der Waals surface area contributed by atoms with Crippen LogP contribution < -0.4 is 11.1 Å². The van der Waals surface area contributed by atoms with Crippen LogP contribution in [0.1, 0.15) is 19.8 Å². The second-order valence-corrected chi connectivity index (χ2v) is 3.59. The molecule has 1 rings (SSSR count). The third-order valence-corrected chi connectivity index (χ3v) is 2.63. The molecule has 1 unspecified atom stereocenters. The van der Waals surface area contributed by atoms with Gasteiger partial charge in [0.15, 0.2) is 0 Å². The molecule has 1 aliphatic heterocycles. The van der Waals surface area contributed by atoms with Crippen LogP contribution in [0, 0.1) is 5.92 Å². The van der Waals surface area contributed by atoms with Crippen LogP contribution in [0.15, 0.2) is 0 Å². The van der Waals surface area contributed by atoms with Crippen molar-refractivity contribution in [1.82, 2.24) is 5.32 Å². The van der Waals surface area contributed by atoms with E-state index >= 15 is 0 Å². The summed E-state index contributed by atoms with van der Waals surface area (Å²) < 4.78 is 0. The van der Waals surface area contributed by atoms with E-state index in [2.05, 4.69) is 5.32 Å². The summed E-state index contributed by atoms with van der Waals surface area (Å²) in [7, 11) is 0. The predicted octanol–water partition coefficient (Wildman–Crippen LogP) is -0.304. The minimum Gasteiger partial charge on any atom is -0.389 e. The van der Waals surface area contributed by atoms with Crippen molar-refractivity contribution in [1.29, 1.82) is 0 Å². The fraction of sp³-hybridized carbons (Fsp3) is 1.00. The zero-order chi connectivity index (χ0) is 8.32. The number of hydrogen-bond donors (Lipinski definition) is 3. The van der Waals surface area contributed by atoms with Crippen LogP contribution in [0.2, 0.25) is 0 Å². The standard InChI is InChI=1S/C8H18N2O/c1-8(11,6-9)7-2-4-10-5-3-7/h7,10-11H,2-6,9H2,1H3. The van der Waals surface area contributed by atoms with Gasteiger partial charge in [-0.3, -0.25) is 0 Å². The summed E-state index contributed by atoms with van der Waals surface area (Å²) in [6, 6.07) is 0. The van der Waals surface area contributed by atoms with Crippen molar-refractivity contribution in [3.63, 3.8) is 0 Å². The van der Waals surface area contributed by atoms with E-state index in [4.69, 9.17) is 5.73 Å².